The van der Waals surface area contributed by atoms with Crippen LogP contribution in [0, 0.1) is 0 Å². The van der Waals surface area contributed by atoms with Crippen molar-refractivity contribution in [3.63, 3.8) is 0 Å². The lowest BCUT2D eigenvalue weighted by Gasteiger charge is -2.32. The van der Waals surface area contributed by atoms with E-state index in [0.717, 1.165) is 29.7 Å². The predicted octanol–water partition coefficient (Wildman–Crippen LogP) is 2.87. The first kappa shape index (κ1) is 15.5. The lowest BCUT2D eigenvalue weighted by molar-refractivity contribution is 0.307. The van der Waals surface area contributed by atoms with Gasteiger partial charge >= 0.3 is 0 Å². The van der Waals surface area contributed by atoms with Crippen LogP contribution >= 0.6 is 0 Å². The second kappa shape index (κ2) is 6.01. The van der Waals surface area contributed by atoms with Gasteiger partial charge in [0.1, 0.15) is 5.82 Å². The molecule has 1 aliphatic heterocycles. The number of hydrogen-bond donors (Lipinski definition) is 1. The normalized spacial score (nSPS) is 22.0. The van der Waals surface area contributed by atoms with Crippen molar-refractivity contribution in [3.8, 4) is 0 Å². The molecule has 1 aromatic carbocycles. The number of rotatable bonds is 4. The first-order chi connectivity index (χ1) is 10.5. The average Bonchev–Trinajstić information content (AvgIpc) is 2.98. The Morgan fingerprint density at radius 3 is 2.91 bits per heavy atom. The molecular weight excluding hydrogens is 298 g/mol. The number of nitrogens with zero attached hydrogens (tertiary/aromatic N) is 2. The number of H-pyrrole nitrogens is 1. The Balaban J connectivity index is 1.84. The number of sulfonamides is 1. The molecule has 6 heteroatoms. The minimum Gasteiger partial charge on any atom is -0.342 e. The maximum atomic E-state index is 12.6. The van der Waals surface area contributed by atoms with Gasteiger partial charge in [0.25, 0.3) is 0 Å². The lowest BCUT2D eigenvalue weighted by atomic mass is 9.99. The van der Waals surface area contributed by atoms with Gasteiger partial charge in [-0.1, -0.05) is 19.1 Å². The number of para-hydroxylation sites is 2. The molecular formula is C16H23N3O2S. The summed E-state index contributed by atoms with van der Waals surface area (Å²) in [7, 11) is -3.19. The van der Waals surface area contributed by atoms with Gasteiger partial charge in [-0.3, -0.25) is 0 Å². The van der Waals surface area contributed by atoms with E-state index in [1.165, 1.54) is 0 Å². The van der Waals surface area contributed by atoms with Gasteiger partial charge in [0.2, 0.25) is 10.0 Å². The molecule has 1 fully saturated rings. The smallest absolute Gasteiger partial charge is 0.216 e. The van der Waals surface area contributed by atoms with Gasteiger partial charge in [-0.15, -0.1) is 0 Å². The molecule has 0 radical (unpaired) electrons. The van der Waals surface area contributed by atoms with Crippen molar-refractivity contribution in [2.75, 3.05) is 13.1 Å². The lowest BCUT2D eigenvalue weighted by Crippen LogP contribution is -2.43. The first-order valence-corrected chi connectivity index (χ1v) is 9.46. The second-order valence-corrected chi connectivity index (χ2v) is 8.45. The summed E-state index contributed by atoms with van der Waals surface area (Å²) in [5.74, 6) is 1.06. The molecule has 22 heavy (non-hydrogen) atoms. The van der Waals surface area contributed by atoms with E-state index in [0.29, 0.717) is 19.5 Å². The molecule has 0 amide bonds. The van der Waals surface area contributed by atoms with Gasteiger partial charge in [-0.25, -0.2) is 17.7 Å². The van der Waals surface area contributed by atoms with E-state index in [9.17, 15) is 8.42 Å². The number of imidazole rings is 1. The van der Waals surface area contributed by atoms with Crippen LogP contribution in [0.5, 0.6) is 0 Å². The zero-order chi connectivity index (χ0) is 15.7. The standard InChI is InChI=1S/C16H23N3O2S/c1-3-12(2)22(20,21)19-10-6-7-13(11-19)16-17-14-8-4-5-9-15(14)18-16/h4-5,8-9,12-13H,3,6-7,10-11H2,1-2H3,(H,17,18). The summed E-state index contributed by atoms with van der Waals surface area (Å²) in [6.45, 7) is 4.87. The average molecular weight is 321 g/mol. The van der Waals surface area contributed by atoms with Crippen molar-refractivity contribution in [2.45, 2.75) is 44.3 Å². The third-order valence-corrected chi connectivity index (χ3v) is 7.02. The summed E-state index contributed by atoms with van der Waals surface area (Å²) >= 11 is 0. The molecule has 2 aromatic rings. The monoisotopic (exact) mass is 321 g/mol. The number of nitrogens with one attached hydrogen (secondary N) is 1. The van der Waals surface area contributed by atoms with Crippen LogP contribution in [0.4, 0.5) is 0 Å². The Morgan fingerprint density at radius 1 is 1.41 bits per heavy atom. The van der Waals surface area contributed by atoms with Crippen molar-refractivity contribution in [1.29, 1.82) is 0 Å². The van der Waals surface area contributed by atoms with Crippen molar-refractivity contribution in [3.05, 3.63) is 30.1 Å². The van der Waals surface area contributed by atoms with Crippen LogP contribution in [0.25, 0.3) is 11.0 Å². The molecule has 0 saturated carbocycles. The largest absolute Gasteiger partial charge is 0.342 e. The summed E-state index contributed by atoms with van der Waals surface area (Å²) in [6.07, 6.45) is 2.51. The topological polar surface area (TPSA) is 66.1 Å². The van der Waals surface area contributed by atoms with Crippen LogP contribution < -0.4 is 0 Å². The maximum absolute atomic E-state index is 12.6. The molecule has 5 nitrogen and oxygen atoms in total. The number of aromatic amines is 1. The zero-order valence-corrected chi connectivity index (χ0v) is 13.9. The number of aromatic nitrogens is 2. The van der Waals surface area contributed by atoms with Crippen molar-refractivity contribution < 1.29 is 8.42 Å². The summed E-state index contributed by atoms with van der Waals surface area (Å²) in [5.41, 5.74) is 1.96. The molecule has 2 heterocycles. The highest BCUT2D eigenvalue weighted by atomic mass is 32.2. The fraction of sp³-hybridized carbons (Fsp3) is 0.562. The SMILES string of the molecule is CCC(C)S(=O)(=O)N1CCCC(c2nc3ccccc3[nH]2)C1. The number of fused-ring (bicyclic) bond motifs is 1. The molecule has 1 aliphatic rings. The van der Waals surface area contributed by atoms with Gasteiger partial charge in [0.05, 0.1) is 16.3 Å². The van der Waals surface area contributed by atoms with E-state index < -0.39 is 10.0 Å². The third-order valence-electron chi connectivity index (χ3n) is 4.62. The molecule has 3 rings (SSSR count). The van der Waals surface area contributed by atoms with Crippen molar-refractivity contribution in [1.82, 2.24) is 14.3 Å². The van der Waals surface area contributed by atoms with E-state index in [-0.39, 0.29) is 11.2 Å². The van der Waals surface area contributed by atoms with E-state index in [1.54, 1.807) is 11.2 Å². The van der Waals surface area contributed by atoms with Gasteiger partial charge in [0.15, 0.2) is 0 Å². The van der Waals surface area contributed by atoms with Gasteiger partial charge < -0.3 is 4.98 Å². The minimum absolute atomic E-state index is 0.153. The van der Waals surface area contributed by atoms with Crippen LogP contribution in [-0.2, 0) is 10.0 Å². The summed E-state index contributed by atoms with van der Waals surface area (Å²) in [6, 6.07) is 7.92. The Bertz CT molecular complexity index is 721. The van der Waals surface area contributed by atoms with Gasteiger partial charge in [-0.05, 0) is 38.3 Å². The molecule has 120 valence electrons. The molecule has 1 N–H and O–H groups in total. The predicted molar refractivity (Wildman–Crippen MR) is 88.3 cm³/mol. The number of hydrogen-bond acceptors (Lipinski definition) is 3. The molecule has 1 aromatic heterocycles. The molecule has 0 bridgehead atoms. The minimum atomic E-state index is -3.19. The summed E-state index contributed by atoms with van der Waals surface area (Å²) < 4.78 is 26.8. The Kier molecular flexibility index (Phi) is 4.23. The molecule has 0 aliphatic carbocycles. The third kappa shape index (κ3) is 2.77. The maximum Gasteiger partial charge on any atom is 0.216 e. The fourth-order valence-corrected chi connectivity index (χ4v) is 4.73. The highest BCUT2D eigenvalue weighted by Gasteiger charge is 2.33. The molecule has 0 spiro atoms. The van der Waals surface area contributed by atoms with E-state index in [1.807, 2.05) is 31.2 Å². The highest BCUT2D eigenvalue weighted by molar-refractivity contribution is 7.89. The molecule has 1 saturated heterocycles. The second-order valence-electron chi connectivity index (χ2n) is 6.10. The summed E-state index contributed by atoms with van der Waals surface area (Å²) in [5, 5.41) is -0.318. The van der Waals surface area contributed by atoms with Crippen molar-refractivity contribution in [2.24, 2.45) is 0 Å². The highest BCUT2D eigenvalue weighted by Crippen LogP contribution is 2.29. The first-order valence-electron chi connectivity index (χ1n) is 7.96. The quantitative estimate of drug-likeness (QED) is 0.941. The number of benzene rings is 1. The molecule has 2 atom stereocenters. The van der Waals surface area contributed by atoms with Crippen LogP contribution in [-0.4, -0.2) is 41.0 Å². The zero-order valence-electron chi connectivity index (χ0n) is 13.1. The van der Waals surface area contributed by atoms with Gasteiger partial charge in [0, 0.05) is 19.0 Å². The van der Waals surface area contributed by atoms with Crippen LogP contribution in [0.2, 0.25) is 0 Å². The Morgan fingerprint density at radius 2 is 2.18 bits per heavy atom. The Labute approximate surface area is 131 Å². The van der Waals surface area contributed by atoms with E-state index >= 15 is 0 Å². The van der Waals surface area contributed by atoms with Crippen LogP contribution in [0.3, 0.4) is 0 Å². The molecule has 2 unspecified atom stereocenters. The van der Waals surface area contributed by atoms with Crippen molar-refractivity contribution >= 4 is 21.1 Å². The number of piperidine rings is 1. The van der Waals surface area contributed by atoms with Crippen LogP contribution in [0.15, 0.2) is 24.3 Å². The van der Waals surface area contributed by atoms with Gasteiger partial charge in [-0.2, -0.15) is 0 Å². The van der Waals surface area contributed by atoms with E-state index in [4.69, 9.17) is 0 Å². The Hall–Kier alpha value is -1.40. The van der Waals surface area contributed by atoms with Crippen LogP contribution in [0.1, 0.15) is 44.9 Å². The van der Waals surface area contributed by atoms with E-state index in [2.05, 4.69) is 9.97 Å². The fourth-order valence-electron chi connectivity index (χ4n) is 3.03. The summed E-state index contributed by atoms with van der Waals surface area (Å²) in [4.78, 5) is 7.99.